The number of anilines is 1. The van der Waals surface area contributed by atoms with Crippen LogP contribution in [0.1, 0.15) is 47.7 Å². The first-order chi connectivity index (χ1) is 22.6. The molecule has 0 amide bonds. The summed E-state index contributed by atoms with van der Waals surface area (Å²) in [6, 6.07) is 17.2. The summed E-state index contributed by atoms with van der Waals surface area (Å²) in [4.78, 5) is 22.4. The molecule has 0 bridgehead atoms. The van der Waals surface area contributed by atoms with Crippen molar-refractivity contribution in [3.8, 4) is 11.5 Å². The van der Waals surface area contributed by atoms with Crippen LogP contribution in [0.3, 0.4) is 0 Å². The number of hydrogen-bond donors (Lipinski definition) is 0. The predicted molar refractivity (Wildman–Crippen MR) is 192 cm³/mol. The molecule has 1 fully saturated rings. The Balaban J connectivity index is 1.17. The smallest absolute Gasteiger partial charge is 0.341 e. The first kappa shape index (κ1) is 33.5. The molecule has 1 saturated heterocycles. The monoisotopic (exact) mass is 674 g/mol. The minimum Gasteiger partial charge on any atom is -0.465 e. The number of aromatic nitrogens is 2. The van der Waals surface area contributed by atoms with Gasteiger partial charge in [0.2, 0.25) is 0 Å². The Bertz CT molecular complexity index is 1730. The Hall–Kier alpha value is -3.37. The molecule has 6 rings (SSSR count). The maximum Gasteiger partial charge on any atom is 0.341 e. The third-order valence-electron chi connectivity index (χ3n) is 9.78. The van der Waals surface area contributed by atoms with Gasteiger partial charge in [0.05, 0.1) is 13.3 Å². The Labute approximate surface area is 284 Å². The van der Waals surface area contributed by atoms with E-state index in [4.69, 9.17) is 25.8 Å². The largest absolute Gasteiger partial charge is 0.465 e. The molecule has 3 heterocycles. The number of benzene rings is 2. The molecule has 4 aromatic rings. The van der Waals surface area contributed by atoms with Crippen LogP contribution >= 0.6 is 11.6 Å². The molecular formula is C37H47ClN4O4Si. The molecule has 0 unspecified atom stereocenters. The molecule has 0 radical (unpaired) electrons. The molecule has 250 valence electrons. The summed E-state index contributed by atoms with van der Waals surface area (Å²) in [6.07, 6.45) is 8.21. The lowest BCUT2D eigenvalue weighted by molar-refractivity contribution is 0.0598. The SMILES string of the molecule is COC(=O)c1ccc(N2CCN([C@]3(C)CCCCc4c(Cl)cccc43)CC2)cc1Oc1cnc2c(ccn2COCC[Si](C)(C)C)c1. The molecule has 1 aliphatic heterocycles. The van der Waals surface area contributed by atoms with Crippen LogP contribution in [0, 0.1) is 0 Å². The van der Waals surface area contributed by atoms with Crippen molar-refractivity contribution in [2.75, 3.05) is 44.8 Å². The van der Waals surface area contributed by atoms with E-state index in [2.05, 4.69) is 53.5 Å². The van der Waals surface area contributed by atoms with Gasteiger partial charge in [0.1, 0.15) is 29.4 Å². The van der Waals surface area contributed by atoms with E-state index in [1.54, 1.807) is 12.3 Å². The average molecular weight is 675 g/mol. The Morgan fingerprint density at radius 1 is 1.04 bits per heavy atom. The highest BCUT2D eigenvalue weighted by Crippen LogP contribution is 2.42. The molecule has 1 atom stereocenters. The van der Waals surface area contributed by atoms with Gasteiger partial charge >= 0.3 is 5.97 Å². The summed E-state index contributed by atoms with van der Waals surface area (Å²) in [7, 11) is 0.244. The third-order valence-corrected chi connectivity index (χ3v) is 11.8. The van der Waals surface area contributed by atoms with Crippen molar-refractivity contribution in [3.05, 3.63) is 82.6 Å². The lowest BCUT2D eigenvalue weighted by Crippen LogP contribution is -2.54. The second-order valence-corrected chi connectivity index (χ2v) is 20.2. The van der Waals surface area contributed by atoms with Gasteiger partial charge in [0, 0.05) is 74.8 Å². The summed E-state index contributed by atoms with van der Waals surface area (Å²) >= 11 is 6.69. The summed E-state index contributed by atoms with van der Waals surface area (Å²) in [5.41, 5.74) is 4.87. The fraction of sp³-hybridized carbons (Fsp3) is 0.459. The van der Waals surface area contributed by atoms with E-state index in [0.717, 1.165) is 73.4 Å². The lowest BCUT2D eigenvalue weighted by Gasteiger charge is -2.47. The van der Waals surface area contributed by atoms with Gasteiger partial charge in [-0.2, -0.15) is 0 Å². The van der Waals surface area contributed by atoms with Gasteiger partial charge in [-0.1, -0.05) is 49.8 Å². The Morgan fingerprint density at radius 2 is 1.85 bits per heavy atom. The van der Waals surface area contributed by atoms with Crippen LogP contribution in [0.2, 0.25) is 30.7 Å². The fourth-order valence-electron chi connectivity index (χ4n) is 6.97. The van der Waals surface area contributed by atoms with Crippen LogP contribution in [0.5, 0.6) is 11.5 Å². The second-order valence-electron chi connectivity index (χ2n) is 14.2. The number of methoxy groups -OCH3 is 1. The van der Waals surface area contributed by atoms with Gasteiger partial charge in [-0.05, 0) is 73.7 Å². The number of pyridine rings is 1. The minimum absolute atomic E-state index is 0.0451. The molecule has 0 spiro atoms. The predicted octanol–water partition coefficient (Wildman–Crippen LogP) is 8.34. The number of piperazine rings is 1. The Morgan fingerprint density at radius 3 is 2.62 bits per heavy atom. The average Bonchev–Trinajstić information content (AvgIpc) is 3.37. The Kier molecular flexibility index (Phi) is 9.99. The lowest BCUT2D eigenvalue weighted by atomic mass is 9.84. The molecule has 1 aliphatic carbocycles. The standard InChI is InChI=1S/C37H47ClN4O4Si/c1-37(15-7-6-9-30-32(37)10-8-11-33(30)38)42-19-17-40(18-20-42)28-12-13-31(36(43)44-2)34(24-28)46-29-23-27-14-16-41(35(27)39-25-29)26-45-21-22-47(3,4)5/h8,10-14,16,23-25H,6-7,9,15,17-22,26H2,1-5H3/t37-/m1/s1. The molecule has 0 N–H and O–H groups in total. The first-order valence-corrected chi connectivity index (χ1v) is 20.8. The van der Waals surface area contributed by atoms with Crippen molar-refractivity contribution in [3.63, 3.8) is 0 Å². The number of fused-ring (bicyclic) bond motifs is 2. The van der Waals surface area contributed by atoms with E-state index in [1.807, 2.05) is 41.1 Å². The highest BCUT2D eigenvalue weighted by molar-refractivity contribution is 6.76. The van der Waals surface area contributed by atoms with Crippen LogP contribution in [-0.2, 0) is 28.2 Å². The van der Waals surface area contributed by atoms with Crippen LogP contribution < -0.4 is 9.64 Å². The highest BCUT2D eigenvalue weighted by atomic mass is 35.5. The molecule has 2 aromatic carbocycles. The molecule has 47 heavy (non-hydrogen) atoms. The number of carbonyl (C=O) groups is 1. The molecule has 2 aromatic heterocycles. The van der Waals surface area contributed by atoms with E-state index in [1.165, 1.54) is 31.1 Å². The van der Waals surface area contributed by atoms with Crippen molar-refractivity contribution < 1.29 is 19.0 Å². The van der Waals surface area contributed by atoms with Crippen molar-refractivity contribution in [2.24, 2.45) is 0 Å². The van der Waals surface area contributed by atoms with E-state index < -0.39 is 14.0 Å². The van der Waals surface area contributed by atoms with Gasteiger partial charge in [-0.25, -0.2) is 9.78 Å². The van der Waals surface area contributed by atoms with Gasteiger partial charge in [0.25, 0.3) is 0 Å². The van der Waals surface area contributed by atoms with E-state index >= 15 is 0 Å². The zero-order chi connectivity index (χ0) is 33.2. The zero-order valence-electron chi connectivity index (χ0n) is 28.4. The topological polar surface area (TPSA) is 69.1 Å². The minimum atomic E-state index is -1.15. The highest BCUT2D eigenvalue weighted by Gasteiger charge is 2.38. The quantitative estimate of drug-likeness (QED) is 0.0725. The number of hydrogen-bond acceptors (Lipinski definition) is 7. The number of nitrogens with zero attached hydrogens (tertiary/aromatic N) is 4. The van der Waals surface area contributed by atoms with Crippen molar-refractivity contribution in [1.29, 1.82) is 0 Å². The van der Waals surface area contributed by atoms with E-state index in [9.17, 15) is 4.79 Å². The molecular weight excluding hydrogens is 628 g/mol. The maximum atomic E-state index is 12.8. The summed E-state index contributed by atoms with van der Waals surface area (Å²) in [6.45, 7) is 14.2. The van der Waals surface area contributed by atoms with Gasteiger partial charge in [0.15, 0.2) is 0 Å². The normalized spacial score (nSPS) is 19.0. The van der Waals surface area contributed by atoms with Crippen LogP contribution in [0.4, 0.5) is 5.69 Å². The number of halogens is 1. The van der Waals surface area contributed by atoms with Crippen molar-refractivity contribution >= 4 is 42.4 Å². The number of esters is 1. The molecule has 8 nitrogen and oxygen atoms in total. The van der Waals surface area contributed by atoms with Gasteiger partial charge in [-0.15, -0.1) is 0 Å². The van der Waals surface area contributed by atoms with Crippen LogP contribution in [0.25, 0.3) is 11.0 Å². The van der Waals surface area contributed by atoms with Crippen LogP contribution in [0.15, 0.2) is 60.9 Å². The third kappa shape index (κ3) is 7.38. The van der Waals surface area contributed by atoms with Gasteiger partial charge in [-0.3, -0.25) is 4.90 Å². The molecule has 2 aliphatic rings. The second kappa shape index (κ2) is 14.0. The van der Waals surface area contributed by atoms with Gasteiger partial charge < -0.3 is 23.7 Å². The number of rotatable bonds is 10. The zero-order valence-corrected chi connectivity index (χ0v) is 30.1. The summed E-state index contributed by atoms with van der Waals surface area (Å²) < 4.78 is 19.4. The molecule has 10 heteroatoms. The number of carbonyl (C=O) groups excluding carboxylic acids is 1. The fourth-order valence-corrected chi connectivity index (χ4v) is 7.99. The van der Waals surface area contributed by atoms with Crippen molar-refractivity contribution in [2.45, 2.75) is 70.6 Å². The maximum absolute atomic E-state index is 12.8. The number of ether oxygens (including phenoxy) is 3. The van der Waals surface area contributed by atoms with E-state index in [0.29, 0.717) is 23.8 Å². The van der Waals surface area contributed by atoms with Crippen LogP contribution in [-0.4, -0.2) is 68.4 Å². The van der Waals surface area contributed by atoms with E-state index in [-0.39, 0.29) is 5.54 Å². The summed E-state index contributed by atoms with van der Waals surface area (Å²) in [5.74, 6) is 0.567. The first-order valence-electron chi connectivity index (χ1n) is 16.8. The van der Waals surface area contributed by atoms with Crippen molar-refractivity contribution in [1.82, 2.24) is 14.5 Å². The molecule has 0 saturated carbocycles. The summed E-state index contributed by atoms with van der Waals surface area (Å²) in [5, 5.41) is 1.83.